The zero-order chi connectivity index (χ0) is 14.3. The number of hydrogen-bond donors (Lipinski definition) is 1. The number of halogens is 3. The molecule has 0 radical (unpaired) electrons. The molecule has 1 fully saturated rings. The minimum atomic E-state index is -4.46. The summed E-state index contributed by atoms with van der Waals surface area (Å²) in [6, 6.07) is 1.36. The molecule has 1 aliphatic carbocycles. The van der Waals surface area contributed by atoms with Crippen LogP contribution in [-0.4, -0.2) is 33.7 Å². The summed E-state index contributed by atoms with van der Waals surface area (Å²) < 4.78 is 39.5. The van der Waals surface area contributed by atoms with E-state index < -0.39 is 11.9 Å². The zero-order valence-corrected chi connectivity index (χ0v) is 10.6. The maximum Gasteiger partial charge on any atom is 0.435 e. The molecule has 2 aromatic rings. The second kappa shape index (κ2) is 4.62. The Hall–Kier alpha value is -1.83. The van der Waals surface area contributed by atoms with Crippen LogP contribution in [0.25, 0.3) is 5.52 Å². The third-order valence-corrected chi connectivity index (χ3v) is 3.29. The van der Waals surface area contributed by atoms with Gasteiger partial charge in [0, 0.05) is 37.6 Å². The van der Waals surface area contributed by atoms with Crippen molar-refractivity contribution < 1.29 is 13.2 Å². The predicted molar refractivity (Wildman–Crippen MR) is 67.4 cm³/mol. The van der Waals surface area contributed by atoms with Crippen LogP contribution in [0.3, 0.4) is 0 Å². The van der Waals surface area contributed by atoms with Gasteiger partial charge < -0.3 is 10.6 Å². The zero-order valence-electron chi connectivity index (χ0n) is 10.6. The van der Waals surface area contributed by atoms with Crippen molar-refractivity contribution in [3.05, 3.63) is 24.2 Å². The lowest BCUT2D eigenvalue weighted by molar-refractivity contribution is -0.141. The molecule has 0 saturated heterocycles. The molecule has 108 valence electrons. The molecule has 0 aromatic carbocycles. The number of nitrogens with zero attached hydrogens (tertiary/aromatic N) is 4. The molecule has 0 atom stereocenters. The highest BCUT2D eigenvalue weighted by atomic mass is 19.4. The summed E-state index contributed by atoms with van der Waals surface area (Å²) in [6.45, 7) is 1.00. The molecule has 1 saturated carbocycles. The average molecular weight is 285 g/mol. The summed E-state index contributed by atoms with van der Waals surface area (Å²) in [5.41, 5.74) is 5.03. The number of anilines is 1. The van der Waals surface area contributed by atoms with Gasteiger partial charge in [-0.3, -0.25) is 0 Å². The SMILES string of the molecule is NCCN(c1nccn2nc(C(F)(F)F)cc12)C1CC1. The summed E-state index contributed by atoms with van der Waals surface area (Å²) in [7, 11) is 0. The molecular formula is C12H14F3N5. The summed E-state index contributed by atoms with van der Waals surface area (Å²) in [4.78, 5) is 6.19. The highest BCUT2D eigenvalue weighted by molar-refractivity contribution is 5.70. The Labute approximate surface area is 113 Å². The van der Waals surface area contributed by atoms with Crippen LogP contribution >= 0.6 is 0 Å². The normalized spacial score (nSPS) is 15.8. The molecule has 0 aliphatic heterocycles. The van der Waals surface area contributed by atoms with Crippen molar-refractivity contribution in [2.45, 2.75) is 25.1 Å². The lowest BCUT2D eigenvalue weighted by Crippen LogP contribution is -2.32. The van der Waals surface area contributed by atoms with E-state index in [1.807, 2.05) is 4.90 Å². The molecule has 8 heteroatoms. The van der Waals surface area contributed by atoms with Crippen molar-refractivity contribution >= 4 is 11.3 Å². The van der Waals surface area contributed by atoms with E-state index in [1.54, 1.807) is 0 Å². The number of alkyl halides is 3. The molecule has 2 heterocycles. The minimum absolute atomic E-state index is 0.321. The van der Waals surface area contributed by atoms with Gasteiger partial charge in [0.15, 0.2) is 11.5 Å². The van der Waals surface area contributed by atoms with Crippen LogP contribution in [0.15, 0.2) is 18.5 Å². The van der Waals surface area contributed by atoms with Crippen molar-refractivity contribution in [2.75, 3.05) is 18.0 Å². The first-order chi connectivity index (χ1) is 9.50. The maximum absolute atomic E-state index is 12.7. The molecule has 20 heavy (non-hydrogen) atoms. The number of rotatable bonds is 4. The van der Waals surface area contributed by atoms with Gasteiger partial charge in [0.05, 0.1) is 0 Å². The standard InChI is InChI=1S/C12H14F3N5/c13-12(14,15)10-7-9-11(17-4-6-20(9)18-10)19(5-3-16)8-1-2-8/h4,6-8H,1-3,5,16H2. The van der Waals surface area contributed by atoms with Gasteiger partial charge in [-0.25, -0.2) is 9.50 Å². The van der Waals surface area contributed by atoms with Crippen molar-refractivity contribution in [1.29, 1.82) is 0 Å². The fraction of sp³-hybridized carbons (Fsp3) is 0.500. The van der Waals surface area contributed by atoms with Gasteiger partial charge in [-0.05, 0) is 12.8 Å². The Kier molecular flexibility index (Phi) is 3.04. The fourth-order valence-electron chi connectivity index (χ4n) is 2.25. The van der Waals surface area contributed by atoms with Crippen molar-refractivity contribution in [1.82, 2.24) is 14.6 Å². The molecule has 5 nitrogen and oxygen atoms in total. The number of fused-ring (bicyclic) bond motifs is 1. The topological polar surface area (TPSA) is 59.5 Å². The van der Waals surface area contributed by atoms with E-state index in [1.165, 1.54) is 16.9 Å². The molecule has 1 aliphatic rings. The summed E-state index contributed by atoms with van der Waals surface area (Å²) in [6.07, 6.45) is 0.455. The Balaban J connectivity index is 2.08. The van der Waals surface area contributed by atoms with E-state index in [4.69, 9.17) is 5.73 Å². The Morgan fingerprint density at radius 1 is 1.40 bits per heavy atom. The highest BCUT2D eigenvalue weighted by Gasteiger charge is 2.36. The van der Waals surface area contributed by atoms with Gasteiger partial charge in [0.25, 0.3) is 0 Å². The summed E-state index contributed by atoms with van der Waals surface area (Å²) in [5.74, 6) is 0.517. The Morgan fingerprint density at radius 2 is 2.15 bits per heavy atom. The summed E-state index contributed by atoms with van der Waals surface area (Å²) in [5, 5.41) is 3.56. The van der Waals surface area contributed by atoms with Crippen LogP contribution in [-0.2, 0) is 6.18 Å². The van der Waals surface area contributed by atoms with Gasteiger partial charge in [-0.2, -0.15) is 18.3 Å². The highest BCUT2D eigenvalue weighted by Crippen LogP contribution is 2.34. The lowest BCUT2D eigenvalue weighted by Gasteiger charge is -2.23. The van der Waals surface area contributed by atoms with E-state index in [-0.39, 0.29) is 0 Å². The van der Waals surface area contributed by atoms with E-state index in [0.717, 1.165) is 18.9 Å². The van der Waals surface area contributed by atoms with Gasteiger partial charge >= 0.3 is 6.18 Å². The molecule has 0 spiro atoms. The molecule has 0 amide bonds. The Morgan fingerprint density at radius 3 is 2.75 bits per heavy atom. The van der Waals surface area contributed by atoms with Crippen LogP contribution in [0.2, 0.25) is 0 Å². The molecule has 2 aromatic heterocycles. The number of aromatic nitrogens is 3. The average Bonchev–Trinajstić information content (AvgIpc) is 3.11. The van der Waals surface area contributed by atoms with E-state index in [9.17, 15) is 13.2 Å². The van der Waals surface area contributed by atoms with Crippen LogP contribution in [0.4, 0.5) is 19.0 Å². The van der Waals surface area contributed by atoms with Crippen molar-refractivity contribution in [3.63, 3.8) is 0 Å². The number of hydrogen-bond acceptors (Lipinski definition) is 4. The first-order valence-electron chi connectivity index (χ1n) is 6.39. The summed E-state index contributed by atoms with van der Waals surface area (Å²) >= 11 is 0. The van der Waals surface area contributed by atoms with Crippen molar-refractivity contribution in [3.8, 4) is 0 Å². The molecular weight excluding hydrogens is 271 g/mol. The van der Waals surface area contributed by atoms with E-state index in [2.05, 4.69) is 10.1 Å². The van der Waals surface area contributed by atoms with Gasteiger partial charge in [0.1, 0.15) is 5.52 Å². The smallest absolute Gasteiger partial charge is 0.351 e. The van der Waals surface area contributed by atoms with Gasteiger partial charge in [-0.1, -0.05) is 0 Å². The van der Waals surface area contributed by atoms with Crippen LogP contribution in [0.1, 0.15) is 18.5 Å². The molecule has 0 unspecified atom stereocenters. The number of nitrogens with two attached hydrogens (primary N) is 1. The molecule has 2 N–H and O–H groups in total. The first-order valence-corrected chi connectivity index (χ1v) is 6.39. The Bertz CT molecular complexity index is 617. The fourth-order valence-corrected chi connectivity index (χ4v) is 2.25. The maximum atomic E-state index is 12.7. The van der Waals surface area contributed by atoms with Crippen molar-refractivity contribution in [2.24, 2.45) is 5.73 Å². The molecule has 3 rings (SSSR count). The quantitative estimate of drug-likeness (QED) is 0.928. The predicted octanol–water partition coefficient (Wildman–Crippen LogP) is 1.68. The van der Waals surface area contributed by atoms with E-state index in [0.29, 0.717) is 30.5 Å². The lowest BCUT2D eigenvalue weighted by atomic mass is 10.3. The van der Waals surface area contributed by atoms with Gasteiger partial charge in [0.2, 0.25) is 0 Å². The monoisotopic (exact) mass is 285 g/mol. The van der Waals surface area contributed by atoms with Crippen LogP contribution in [0, 0.1) is 0 Å². The second-order valence-electron chi connectivity index (χ2n) is 4.82. The van der Waals surface area contributed by atoms with Crippen LogP contribution < -0.4 is 10.6 Å². The third-order valence-electron chi connectivity index (χ3n) is 3.29. The third kappa shape index (κ3) is 2.31. The minimum Gasteiger partial charge on any atom is -0.351 e. The second-order valence-corrected chi connectivity index (χ2v) is 4.82. The van der Waals surface area contributed by atoms with Crippen LogP contribution in [0.5, 0.6) is 0 Å². The first kappa shape index (κ1) is 13.2. The largest absolute Gasteiger partial charge is 0.435 e. The molecule has 0 bridgehead atoms. The van der Waals surface area contributed by atoms with Gasteiger partial charge in [-0.15, -0.1) is 0 Å². The van der Waals surface area contributed by atoms with E-state index >= 15 is 0 Å².